The van der Waals surface area contributed by atoms with Crippen molar-refractivity contribution in [3.8, 4) is 69.9 Å². The molecule has 4 aromatic rings. The Morgan fingerprint density at radius 3 is 1.29 bits per heavy atom. The molecule has 3 nitrogen and oxygen atoms in total. The second kappa shape index (κ2) is 8.41. The molecule has 4 aromatic carbocycles. The molecular formula is C28H18O3. The number of phenolic OH excluding ortho intramolecular Hbond substituents is 2. The van der Waals surface area contributed by atoms with Crippen molar-refractivity contribution >= 4 is 0 Å². The summed E-state index contributed by atoms with van der Waals surface area (Å²) in [5.41, 5.74) is 4.66. The molecule has 0 unspecified atom stereocenters. The van der Waals surface area contributed by atoms with Crippen molar-refractivity contribution in [1.29, 1.82) is 0 Å². The Morgan fingerprint density at radius 2 is 0.935 bits per heavy atom. The molecule has 0 heterocycles. The molecule has 2 N–H and O–H groups in total. The first-order chi connectivity index (χ1) is 15.1. The maximum Gasteiger partial charge on any atom is 0.135 e. The normalized spacial score (nSPS) is 10.1. The fraction of sp³-hybridized carbons (Fsp3) is 0. The zero-order valence-corrected chi connectivity index (χ0v) is 16.5. The molecule has 0 saturated heterocycles. The summed E-state index contributed by atoms with van der Waals surface area (Å²) in [6.45, 7) is 0. The summed E-state index contributed by atoms with van der Waals surface area (Å²) in [6, 6.07) is 24.7. The zero-order chi connectivity index (χ0) is 21.8. The summed E-state index contributed by atoms with van der Waals surface area (Å²) in [5.74, 6) is 6.54. The van der Waals surface area contributed by atoms with Gasteiger partial charge in [0.05, 0.1) is 0 Å². The van der Waals surface area contributed by atoms with Crippen LogP contribution >= 0.6 is 0 Å². The van der Waals surface area contributed by atoms with Gasteiger partial charge in [-0.05, 0) is 71.8 Å². The van der Waals surface area contributed by atoms with Gasteiger partial charge in [0.25, 0.3) is 0 Å². The fourth-order valence-corrected chi connectivity index (χ4v) is 3.28. The smallest absolute Gasteiger partial charge is 0.135 e. The molecule has 0 bridgehead atoms. The van der Waals surface area contributed by atoms with Crippen molar-refractivity contribution in [1.82, 2.24) is 0 Å². The predicted molar refractivity (Wildman–Crippen MR) is 123 cm³/mol. The lowest BCUT2D eigenvalue weighted by Crippen LogP contribution is -1.92. The number of terminal acetylenes is 2. The summed E-state index contributed by atoms with van der Waals surface area (Å²) >= 11 is 0. The quantitative estimate of drug-likeness (QED) is 0.400. The van der Waals surface area contributed by atoms with Gasteiger partial charge in [-0.15, -0.1) is 12.8 Å². The molecule has 0 saturated carbocycles. The van der Waals surface area contributed by atoms with Crippen LogP contribution in [-0.2, 0) is 0 Å². The monoisotopic (exact) mass is 402 g/mol. The third-order valence-electron chi connectivity index (χ3n) is 4.87. The summed E-state index contributed by atoms with van der Waals surface area (Å²) in [6.07, 6.45) is 10.9. The third kappa shape index (κ3) is 4.22. The van der Waals surface area contributed by atoms with Gasteiger partial charge < -0.3 is 14.9 Å². The van der Waals surface area contributed by atoms with Gasteiger partial charge in [-0.3, -0.25) is 0 Å². The van der Waals surface area contributed by atoms with Crippen LogP contribution in [0.15, 0.2) is 84.9 Å². The third-order valence-corrected chi connectivity index (χ3v) is 4.87. The second-order valence-electron chi connectivity index (χ2n) is 6.91. The Labute approximate surface area is 181 Å². The number of aromatic hydroxyl groups is 2. The average Bonchev–Trinajstić information content (AvgIpc) is 2.81. The van der Waals surface area contributed by atoms with Gasteiger partial charge in [-0.1, -0.05) is 36.1 Å². The molecule has 0 fully saturated rings. The van der Waals surface area contributed by atoms with Gasteiger partial charge in [0.1, 0.15) is 23.0 Å². The van der Waals surface area contributed by atoms with Crippen LogP contribution in [0.3, 0.4) is 0 Å². The van der Waals surface area contributed by atoms with Crippen molar-refractivity contribution in [2.45, 2.75) is 0 Å². The number of benzene rings is 4. The highest BCUT2D eigenvalue weighted by Gasteiger charge is 2.13. The fourth-order valence-electron chi connectivity index (χ4n) is 3.28. The highest BCUT2D eigenvalue weighted by atomic mass is 16.5. The van der Waals surface area contributed by atoms with E-state index in [1.165, 1.54) is 0 Å². The molecule has 0 aromatic heterocycles. The highest BCUT2D eigenvalue weighted by Crippen LogP contribution is 2.40. The molecular weight excluding hydrogens is 384 g/mol. The highest BCUT2D eigenvalue weighted by molar-refractivity contribution is 5.76. The van der Waals surface area contributed by atoms with Crippen molar-refractivity contribution < 1.29 is 14.9 Å². The number of ether oxygens (including phenoxy) is 1. The Bertz CT molecular complexity index is 1210. The lowest BCUT2D eigenvalue weighted by Gasteiger charge is -2.16. The SMILES string of the molecule is C#Cc1ccc(-c2cc(O)ccc2Oc2ccc(O)cc2-c2ccc(C#C)cc2)cc1. The minimum absolute atomic E-state index is 0.124. The predicted octanol–water partition coefficient (Wildman–Crippen LogP) is 6.19. The summed E-state index contributed by atoms with van der Waals surface area (Å²) in [4.78, 5) is 0. The van der Waals surface area contributed by atoms with Gasteiger partial charge in [-0.25, -0.2) is 0 Å². The van der Waals surface area contributed by atoms with E-state index >= 15 is 0 Å². The van der Waals surface area contributed by atoms with Gasteiger partial charge in [-0.2, -0.15) is 0 Å². The van der Waals surface area contributed by atoms with E-state index in [0.29, 0.717) is 22.6 Å². The lowest BCUT2D eigenvalue weighted by molar-refractivity contribution is 0.461. The Hall–Kier alpha value is -4.60. The van der Waals surface area contributed by atoms with E-state index < -0.39 is 0 Å². The van der Waals surface area contributed by atoms with E-state index in [1.54, 1.807) is 36.4 Å². The Kier molecular flexibility index (Phi) is 5.35. The van der Waals surface area contributed by atoms with Gasteiger partial charge in [0.15, 0.2) is 0 Å². The minimum atomic E-state index is 0.124. The van der Waals surface area contributed by atoms with Crippen LogP contribution in [0.4, 0.5) is 0 Å². The van der Waals surface area contributed by atoms with Crippen LogP contribution in [0.1, 0.15) is 11.1 Å². The molecule has 0 aliphatic carbocycles. The molecule has 3 heteroatoms. The van der Waals surface area contributed by atoms with Crippen LogP contribution in [0.2, 0.25) is 0 Å². The molecule has 31 heavy (non-hydrogen) atoms. The minimum Gasteiger partial charge on any atom is -0.508 e. The largest absolute Gasteiger partial charge is 0.508 e. The second-order valence-corrected chi connectivity index (χ2v) is 6.91. The van der Waals surface area contributed by atoms with Crippen LogP contribution in [0.5, 0.6) is 23.0 Å². The molecule has 0 atom stereocenters. The number of hydrogen-bond acceptors (Lipinski definition) is 3. The molecule has 0 spiro atoms. The van der Waals surface area contributed by atoms with Crippen molar-refractivity contribution in [2.24, 2.45) is 0 Å². The summed E-state index contributed by atoms with van der Waals surface area (Å²) < 4.78 is 6.27. The van der Waals surface area contributed by atoms with E-state index in [-0.39, 0.29) is 11.5 Å². The topological polar surface area (TPSA) is 49.7 Å². The molecule has 0 aliphatic rings. The van der Waals surface area contributed by atoms with E-state index in [0.717, 1.165) is 22.3 Å². The van der Waals surface area contributed by atoms with Crippen LogP contribution in [0, 0.1) is 24.7 Å². The summed E-state index contributed by atoms with van der Waals surface area (Å²) in [7, 11) is 0. The molecule has 0 amide bonds. The van der Waals surface area contributed by atoms with Crippen molar-refractivity contribution in [2.75, 3.05) is 0 Å². The maximum atomic E-state index is 10.0. The molecule has 0 radical (unpaired) electrons. The molecule has 0 aliphatic heterocycles. The first-order valence-electron chi connectivity index (χ1n) is 9.55. The summed E-state index contributed by atoms with van der Waals surface area (Å²) in [5, 5.41) is 20.1. The van der Waals surface area contributed by atoms with Crippen molar-refractivity contribution in [3.05, 3.63) is 96.1 Å². The standard InChI is InChI=1S/C28H18O3/c1-3-19-5-9-21(10-6-19)25-17-23(29)13-15-27(25)31-28-16-14-24(30)18-26(28)22-11-7-20(4-2)8-12-22/h1-2,5-18,29-30H. The zero-order valence-electron chi connectivity index (χ0n) is 16.5. The first-order valence-corrected chi connectivity index (χ1v) is 9.55. The van der Waals surface area contributed by atoms with E-state index in [9.17, 15) is 10.2 Å². The number of hydrogen-bond donors (Lipinski definition) is 2. The number of rotatable bonds is 4. The number of phenols is 2. The van der Waals surface area contributed by atoms with Gasteiger partial charge in [0, 0.05) is 22.3 Å². The van der Waals surface area contributed by atoms with Crippen LogP contribution < -0.4 is 4.74 Å². The lowest BCUT2D eigenvalue weighted by atomic mass is 10.0. The molecule has 4 rings (SSSR count). The maximum absolute atomic E-state index is 10.0. The van der Waals surface area contributed by atoms with Crippen LogP contribution in [-0.4, -0.2) is 10.2 Å². The average molecular weight is 402 g/mol. The van der Waals surface area contributed by atoms with Gasteiger partial charge in [0.2, 0.25) is 0 Å². The van der Waals surface area contributed by atoms with E-state index in [1.807, 2.05) is 48.5 Å². The molecule has 148 valence electrons. The van der Waals surface area contributed by atoms with Crippen LogP contribution in [0.25, 0.3) is 22.3 Å². The Morgan fingerprint density at radius 1 is 0.548 bits per heavy atom. The first kappa shape index (κ1) is 19.7. The van der Waals surface area contributed by atoms with Gasteiger partial charge >= 0.3 is 0 Å². The Balaban J connectivity index is 1.78. The van der Waals surface area contributed by atoms with E-state index in [2.05, 4.69) is 11.8 Å². The van der Waals surface area contributed by atoms with E-state index in [4.69, 9.17) is 17.6 Å². The van der Waals surface area contributed by atoms with Crippen molar-refractivity contribution in [3.63, 3.8) is 0 Å².